The van der Waals surface area contributed by atoms with E-state index in [2.05, 4.69) is 22.6 Å². The first-order chi connectivity index (χ1) is 14.6. The minimum atomic E-state index is 0.0190. The molecule has 0 radical (unpaired) electrons. The second-order valence-corrected chi connectivity index (χ2v) is 9.35. The van der Waals surface area contributed by atoms with Gasteiger partial charge in [-0.3, -0.25) is 9.48 Å². The van der Waals surface area contributed by atoms with Gasteiger partial charge in [0.05, 0.1) is 19.9 Å². The molecule has 0 aliphatic carbocycles. The first kappa shape index (κ1) is 20.8. The molecular formula is C22H25N3O3S2. The molecule has 1 aliphatic heterocycles. The Kier molecular flexibility index (Phi) is 6.34. The number of ether oxygens (including phenoxy) is 2. The van der Waals surface area contributed by atoms with Gasteiger partial charge in [0.1, 0.15) is 17.2 Å². The van der Waals surface area contributed by atoms with E-state index in [0.29, 0.717) is 28.1 Å². The molecule has 1 atom stereocenters. The topological polar surface area (TPSA) is 56.6 Å². The van der Waals surface area contributed by atoms with Crippen LogP contribution in [0.3, 0.4) is 0 Å². The van der Waals surface area contributed by atoms with Crippen molar-refractivity contribution in [1.29, 1.82) is 0 Å². The Morgan fingerprint density at radius 3 is 2.77 bits per heavy atom. The minimum absolute atomic E-state index is 0.0190. The van der Waals surface area contributed by atoms with Crippen LogP contribution in [0.2, 0.25) is 0 Å². The SMILES string of the molecule is COc1ccc(OC)c(-c2cc(C(=O)N3CCSC(c4cccs4)CC3)n(C)n2)c1. The lowest BCUT2D eigenvalue weighted by atomic mass is 10.1. The van der Waals surface area contributed by atoms with Crippen LogP contribution in [0.1, 0.15) is 27.0 Å². The number of aryl methyl sites for hydroxylation is 1. The molecule has 1 amide bonds. The quantitative estimate of drug-likeness (QED) is 0.582. The molecule has 0 bridgehead atoms. The molecule has 1 aromatic carbocycles. The van der Waals surface area contributed by atoms with E-state index in [1.807, 2.05) is 48.0 Å². The van der Waals surface area contributed by atoms with Gasteiger partial charge in [0, 0.05) is 41.6 Å². The summed E-state index contributed by atoms with van der Waals surface area (Å²) in [5.74, 6) is 2.36. The number of thioether (sulfide) groups is 1. The Bertz CT molecular complexity index is 1020. The molecule has 0 N–H and O–H groups in total. The van der Waals surface area contributed by atoms with Gasteiger partial charge < -0.3 is 14.4 Å². The number of thiophene rings is 1. The highest BCUT2D eigenvalue weighted by atomic mass is 32.2. The van der Waals surface area contributed by atoms with E-state index in [1.54, 1.807) is 30.2 Å². The third-order valence-electron chi connectivity index (χ3n) is 5.27. The fourth-order valence-corrected chi connectivity index (χ4v) is 5.89. The molecule has 0 spiro atoms. The van der Waals surface area contributed by atoms with Crippen LogP contribution in [0.15, 0.2) is 41.8 Å². The molecule has 1 fully saturated rings. The maximum absolute atomic E-state index is 13.3. The monoisotopic (exact) mass is 443 g/mol. The summed E-state index contributed by atoms with van der Waals surface area (Å²) < 4.78 is 12.5. The first-order valence-corrected chi connectivity index (χ1v) is 11.7. The minimum Gasteiger partial charge on any atom is -0.497 e. The summed E-state index contributed by atoms with van der Waals surface area (Å²) in [6.07, 6.45) is 0.964. The lowest BCUT2D eigenvalue weighted by Gasteiger charge is -2.20. The van der Waals surface area contributed by atoms with Crippen LogP contribution >= 0.6 is 23.1 Å². The van der Waals surface area contributed by atoms with Crippen molar-refractivity contribution in [3.05, 3.63) is 52.3 Å². The molecule has 1 unspecified atom stereocenters. The molecule has 3 heterocycles. The highest BCUT2D eigenvalue weighted by Gasteiger charge is 2.26. The predicted octanol–water partition coefficient (Wildman–Crippen LogP) is 4.49. The molecule has 158 valence electrons. The van der Waals surface area contributed by atoms with Gasteiger partial charge >= 0.3 is 0 Å². The van der Waals surface area contributed by atoms with Crippen LogP contribution in [0, 0.1) is 0 Å². The van der Waals surface area contributed by atoms with E-state index in [-0.39, 0.29) is 5.91 Å². The van der Waals surface area contributed by atoms with Crippen molar-refractivity contribution in [1.82, 2.24) is 14.7 Å². The number of benzene rings is 1. The highest BCUT2D eigenvalue weighted by Crippen LogP contribution is 2.37. The largest absolute Gasteiger partial charge is 0.497 e. The van der Waals surface area contributed by atoms with Gasteiger partial charge in [-0.1, -0.05) is 6.07 Å². The number of rotatable bonds is 5. The maximum atomic E-state index is 13.3. The van der Waals surface area contributed by atoms with Gasteiger partial charge in [-0.2, -0.15) is 16.9 Å². The van der Waals surface area contributed by atoms with E-state index in [0.717, 1.165) is 30.8 Å². The Morgan fingerprint density at radius 1 is 1.17 bits per heavy atom. The maximum Gasteiger partial charge on any atom is 0.272 e. The summed E-state index contributed by atoms with van der Waals surface area (Å²) in [5.41, 5.74) is 2.07. The van der Waals surface area contributed by atoms with Gasteiger partial charge in [0.25, 0.3) is 5.91 Å². The molecule has 8 heteroatoms. The van der Waals surface area contributed by atoms with Crippen LogP contribution in [-0.4, -0.2) is 53.6 Å². The zero-order valence-corrected chi connectivity index (χ0v) is 19.0. The molecular weight excluding hydrogens is 418 g/mol. The van der Waals surface area contributed by atoms with Crippen molar-refractivity contribution in [2.75, 3.05) is 33.1 Å². The van der Waals surface area contributed by atoms with Gasteiger partial charge in [0.15, 0.2) is 0 Å². The Hall–Kier alpha value is -2.45. The van der Waals surface area contributed by atoms with Crippen molar-refractivity contribution in [3.63, 3.8) is 0 Å². The number of methoxy groups -OCH3 is 2. The molecule has 1 saturated heterocycles. The Balaban J connectivity index is 1.55. The number of amides is 1. The summed E-state index contributed by atoms with van der Waals surface area (Å²) in [7, 11) is 5.06. The van der Waals surface area contributed by atoms with Crippen LogP contribution in [0.25, 0.3) is 11.3 Å². The van der Waals surface area contributed by atoms with Gasteiger partial charge in [0.2, 0.25) is 0 Å². The number of aromatic nitrogens is 2. The summed E-state index contributed by atoms with van der Waals surface area (Å²) in [4.78, 5) is 16.6. The lowest BCUT2D eigenvalue weighted by molar-refractivity contribution is 0.0755. The normalized spacial score (nSPS) is 16.9. The van der Waals surface area contributed by atoms with E-state index >= 15 is 0 Å². The Morgan fingerprint density at radius 2 is 2.03 bits per heavy atom. The van der Waals surface area contributed by atoms with Crippen molar-refractivity contribution in [2.24, 2.45) is 7.05 Å². The number of hydrogen-bond acceptors (Lipinski definition) is 6. The second kappa shape index (κ2) is 9.14. The van der Waals surface area contributed by atoms with Crippen molar-refractivity contribution >= 4 is 29.0 Å². The Labute approximate surface area is 184 Å². The summed E-state index contributed by atoms with van der Waals surface area (Å²) >= 11 is 3.73. The highest BCUT2D eigenvalue weighted by molar-refractivity contribution is 7.99. The van der Waals surface area contributed by atoms with E-state index in [4.69, 9.17) is 9.47 Å². The molecule has 30 heavy (non-hydrogen) atoms. The van der Waals surface area contributed by atoms with E-state index in [9.17, 15) is 4.79 Å². The van der Waals surface area contributed by atoms with Crippen molar-refractivity contribution in [2.45, 2.75) is 11.7 Å². The molecule has 1 aliphatic rings. The van der Waals surface area contributed by atoms with Crippen LogP contribution in [-0.2, 0) is 7.05 Å². The third-order valence-corrected chi connectivity index (χ3v) is 7.72. The summed E-state index contributed by atoms with van der Waals surface area (Å²) in [5, 5.41) is 7.17. The van der Waals surface area contributed by atoms with Crippen LogP contribution in [0.4, 0.5) is 0 Å². The number of carbonyl (C=O) groups excluding carboxylic acids is 1. The van der Waals surface area contributed by atoms with Gasteiger partial charge in [-0.15, -0.1) is 11.3 Å². The number of hydrogen-bond donors (Lipinski definition) is 0. The predicted molar refractivity (Wildman–Crippen MR) is 122 cm³/mol. The van der Waals surface area contributed by atoms with Gasteiger partial charge in [-0.25, -0.2) is 0 Å². The number of carbonyl (C=O) groups is 1. The van der Waals surface area contributed by atoms with E-state index < -0.39 is 0 Å². The summed E-state index contributed by atoms with van der Waals surface area (Å²) in [6, 6.07) is 11.7. The smallest absolute Gasteiger partial charge is 0.272 e. The fraction of sp³-hybridized carbons (Fsp3) is 0.364. The zero-order chi connectivity index (χ0) is 21.1. The first-order valence-electron chi connectivity index (χ1n) is 9.81. The summed E-state index contributed by atoms with van der Waals surface area (Å²) in [6.45, 7) is 1.49. The number of nitrogens with zero attached hydrogens (tertiary/aromatic N) is 3. The average molecular weight is 444 g/mol. The molecule has 2 aromatic heterocycles. The molecule has 0 saturated carbocycles. The van der Waals surface area contributed by atoms with Crippen LogP contribution < -0.4 is 9.47 Å². The fourth-order valence-electron chi connectivity index (χ4n) is 3.65. The standard InChI is InChI=1S/C22H25N3O3S2/c1-24-18(14-17(23-24)16-13-15(27-2)6-7-19(16)28-3)22(26)25-9-8-21(30-12-10-25)20-5-4-11-29-20/h4-7,11,13-14,21H,8-10,12H2,1-3H3. The third kappa shape index (κ3) is 4.20. The molecule has 3 aromatic rings. The van der Waals surface area contributed by atoms with Crippen LogP contribution in [0.5, 0.6) is 11.5 Å². The van der Waals surface area contributed by atoms with Gasteiger partial charge in [-0.05, 0) is 42.1 Å². The van der Waals surface area contributed by atoms with Crippen molar-refractivity contribution < 1.29 is 14.3 Å². The second-order valence-electron chi connectivity index (χ2n) is 7.06. The average Bonchev–Trinajstić information content (AvgIpc) is 3.37. The van der Waals surface area contributed by atoms with Crippen molar-refractivity contribution in [3.8, 4) is 22.8 Å². The van der Waals surface area contributed by atoms with E-state index in [1.165, 1.54) is 4.88 Å². The zero-order valence-electron chi connectivity index (χ0n) is 17.3. The molecule has 6 nitrogen and oxygen atoms in total. The molecule has 4 rings (SSSR count). The lowest BCUT2D eigenvalue weighted by Crippen LogP contribution is -2.34.